The molecule has 0 radical (unpaired) electrons. The van der Waals surface area contributed by atoms with Gasteiger partial charge in [-0.05, 0) is 55.7 Å². The van der Waals surface area contributed by atoms with Gasteiger partial charge in [0.25, 0.3) is 15.9 Å². The lowest BCUT2D eigenvalue weighted by Gasteiger charge is -2.38. The number of rotatable bonds is 3. The predicted octanol–water partition coefficient (Wildman–Crippen LogP) is 2.78. The Bertz CT molecular complexity index is 1360. The Balaban J connectivity index is 1.53. The van der Waals surface area contributed by atoms with Crippen LogP contribution in [0.15, 0.2) is 76.9 Å². The number of amidine groups is 1. The van der Waals surface area contributed by atoms with Crippen molar-refractivity contribution >= 4 is 39.0 Å². The number of fused-ring (bicyclic) bond motifs is 2. The van der Waals surface area contributed by atoms with Crippen LogP contribution in [0.1, 0.15) is 17.5 Å². The van der Waals surface area contributed by atoms with Crippen molar-refractivity contribution in [2.24, 2.45) is 4.40 Å². The van der Waals surface area contributed by atoms with E-state index in [1.165, 1.54) is 4.90 Å². The zero-order valence-corrected chi connectivity index (χ0v) is 19.5. The fourth-order valence-electron chi connectivity index (χ4n) is 4.42. The van der Waals surface area contributed by atoms with Gasteiger partial charge in [0.05, 0.1) is 11.3 Å². The average molecular weight is 477 g/mol. The number of sulfonamides is 1. The zero-order chi connectivity index (χ0) is 23.9. The number of carbonyl (C=O) groups is 2. The summed E-state index contributed by atoms with van der Waals surface area (Å²) in [5.41, 5.74) is 3.47. The number of hydrogen-bond donors (Lipinski definition) is 1. The first-order valence-corrected chi connectivity index (χ1v) is 12.7. The first-order valence-electron chi connectivity index (χ1n) is 11.1. The molecule has 2 amide bonds. The average Bonchev–Trinajstić information content (AvgIpc) is 2.83. The molecule has 34 heavy (non-hydrogen) atoms. The smallest absolute Gasteiger partial charge is 0.262 e. The van der Waals surface area contributed by atoms with Crippen LogP contribution in [0.3, 0.4) is 0 Å². The van der Waals surface area contributed by atoms with Gasteiger partial charge in [-0.15, -0.1) is 4.40 Å². The van der Waals surface area contributed by atoms with E-state index in [0.717, 1.165) is 11.1 Å². The molecule has 0 bridgehead atoms. The Morgan fingerprint density at radius 3 is 2.65 bits per heavy atom. The number of nitrogens with zero attached hydrogens (tertiary/aromatic N) is 3. The minimum Gasteiger partial charge on any atom is -0.331 e. The van der Waals surface area contributed by atoms with Crippen LogP contribution in [0.4, 0.5) is 11.4 Å². The van der Waals surface area contributed by atoms with Crippen molar-refractivity contribution in [3.63, 3.8) is 0 Å². The summed E-state index contributed by atoms with van der Waals surface area (Å²) < 4.78 is 28.3. The van der Waals surface area contributed by atoms with Gasteiger partial charge in [-0.1, -0.05) is 35.9 Å². The molecule has 1 unspecified atom stereocenters. The molecule has 8 nitrogen and oxygen atoms in total. The largest absolute Gasteiger partial charge is 0.331 e. The van der Waals surface area contributed by atoms with Gasteiger partial charge in [-0.3, -0.25) is 14.5 Å². The zero-order valence-electron chi connectivity index (χ0n) is 18.6. The summed E-state index contributed by atoms with van der Waals surface area (Å²) in [6.07, 6.45) is 6.05. The van der Waals surface area contributed by atoms with Crippen molar-refractivity contribution in [3.8, 4) is 0 Å². The first kappa shape index (κ1) is 22.1. The Hall–Kier alpha value is -3.72. The highest BCUT2D eigenvalue weighted by Gasteiger charge is 2.40. The normalized spacial score (nSPS) is 20.6. The summed E-state index contributed by atoms with van der Waals surface area (Å²) in [6.45, 7) is 2.18. The molecule has 1 N–H and O–H groups in total. The minimum absolute atomic E-state index is 0.0968. The number of allylic oxidation sites excluding steroid dienone is 2. The van der Waals surface area contributed by atoms with Crippen molar-refractivity contribution < 1.29 is 18.0 Å². The highest BCUT2D eigenvalue weighted by molar-refractivity contribution is 7.90. The molecular formula is C25H24N4O4S. The first-order chi connectivity index (χ1) is 16.3. The molecule has 9 heteroatoms. The third-order valence-electron chi connectivity index (χ3n) is 6.18. The van der Waals surface area contributed by atoms with Crippen LogP contribution < -0.4 is 10.2 Å². The van der Waals surface area contributed by atoms with Gasteiger partial charge in [0, 0.05) is 24.1 Å². The van der Waals surface area contributed by atoms with Crippen LogP contribution in [0.25, 0.3) is 0 Å². The molecule has 5 rings (SSSR count). The third-order valence-corrected chi connectivity index (χ3v) is 7.33. The summed E-state index contributed by atoms with van der Waals surface area (Å²) in [7, 11) is -3.66. The third kappa shape index (κ3) is 4.14. The molecule has 0 saturated carbocycles. The molecule has 3 heterocycles. The van der Waals surface area contributed by atoms with Crippen molar-refractivity contribution in [1.29, 1.82) is 0 Å². The number of amides is 2. The second-order valence-corrected chi connectivity index (χ2v) is 10.3. The van der Waals surface area contributed by atoms with Gasteiger partial charge in [0.1, 0.15) is 6.04 Å². The molecule has 2 aromatic rings. The van der Waals surface area contributed by atoms with Gasteiger partial charge in [-0.2, -0.15) is 0 Å². The van der Waals surface area contributed by atoms with E-state index in [0.29, 0.717) is 24.2 Å². The molecule has 3 aliphatic heterocycles. The van der Waals surface area contributed by atoms with E-state index in [2.05, 4.69) is 9.71 Å². The highest BCUT2D eigenvalue weighted by Crippen LogP contribution is 2.33. The van der Waals surface area contributed by atoms with Crippen LogP contribution in [-0.2, 0) is 26.0 Å². The van der Waals surface area contributed by atoms with E-state index in [1.807, 2.05) is 55.5 Å². The summed E-state index contributed by atoms with van der Waals surface area (Å²) >= 11 is 0. The molecule has 2 aromatic carbocycles. The molecule has 0 fully saturated rings. The molecule has 3 aliphatic rings. The number of hydrogen-bond acceptors (Lipinski definition) is 5. The van der Waals surface area contributed by atoms with E-state index < -0.39 is 22.0 Å². The summed E-state index contributed by atoms with van der Waals surface area (Å²) in [5, 5.41) is 2.92. The van der Waals surface area contributed by atoms with Gasteiger partial charge in [-0.25, -0.2) is 8.42 Å². The summed E-state index contributed by atoms with van der Waals surface area (Å²) in [5.74, 6) is -0.772. The van der Waals surface area contributed by atoms with Crippen molar-refractivity contribution in [2.75, 3.05) is 22.5 Å². The second kappa shape index (κ2) is 8.57. The number of nitrogens with one attached hydrogen (secondary N) is 1. The quantitative estimate of drug-likeness (QED) is 0.735. The van der Waals surface area contributed by atoms with Crippen molar-refractivity contribution in [3.05, 3.63) is 83.6 Å². The number of benzene rings is 2. The number of aryl methyl sites for hydroxylation is 2. The van der Waals surface area contributed by atoms with E-state index >= 15 is 0 Å². The highest BCUT2D eigenvalue weighted by atomic mass is 32.2. The van der Waals surface area contributed by atoms with E-state index in [9.17, 15) is 18.0 Å². The van der Waals surface area contributed by atoms with E-state index in [4.69, 9.17) is 0 Å². The van der Waals surface area contributed by atoms with Gasteiger partial charge in [0.15, 0.2) is 5.84 Å². The molecule has 174 valence electrons. The van der Waals surface area contributed by atoms with Crippen LogP contribution in [-0.4, -0.2) is 49.3 Å². The molecule has 1 atom stereocenters. The molecule has 0 aliphatic carbocycles. The molecule has 0 spiro atoms. The Kier molecular flexibility index (Phi) is 5.57. The summed E-state index contributed by atoms with van der Waals surface area (Å²) in [6, 6.07) is 14.2. The van der Waals surface area contributed by atoms with E-state index in [-0.39, 0.29) is 29.6 Å². The lowest BCUT2D eigenvalue weighted by Crippen LogP contribution is -2.52. The van der Waals surface area contributed by atoms with Gasteiger partial charge in [0.2, 0.25) is 5.91 Å². The van der Waals surface area contributed by atoms with Gasteiger partial charge < -0.3 is 10.2 Å². The van der Waals surface area contributed by atoms with Crippen LogP contribution in [0, 0.1) is 6.92 Å². The molecular weight excluding hydrogens is 452 g/mol. The van der Waals surface area contributed by atoms with Crippen LogP contribution in [0.5, 0.6) is 0 Å². The SMILES string of the molecule is Cc1ccc(NC(=O)C2CCc3ccccc3N2C(=O)C2=CC=CN3CCS(=O)(=O)N=C23)cc1. The Labute approximate surface area is 198 Å². The van der Waals surface area contributed by atoms with Gasteiger partial charge >= 0.3 is 0 Å². The van der Waals surface area contributed by atoms with Crippen LogP contribution >= 0.6 is 0 Å². The van der Waals surface area contributed by atoms with Crippen molar-refractivity contribution in [2.45, 2.75) is 25.8 Å². The maximum atomic E-state index is 13.9. The van der Waals surface area contributed by atoms with Crippen LogP contribution in [0.2, 0.25) is 0 Å². The molecule has 0 aromatic heterocycles. The minimum atomic E-state index is -3.66. The Morgan fingerprint density at radius 2 is 1.85 bits per heavy atom. The fraction of sp³-hybridized carbons (Fsp3) is 0.240. The van der Waals surface area contributed by atoms with E-state index in [1.54, 1.807) is 23.3 Å². The number of carbonyl (C=O) groups excluding carboxylic acids is 2. The fourth-order valence-corrected chi connectivity index (χ4v) is 5.41. The predicted molar refractivity (Wildman–Crippen MR) is 131 cm³/mol. The summed E-state index contributed by atoms with van der Waals surface area (Å²) in [4.78, 5) is 30.4. The topological polar surface area (TPSA) is 99.1 Å². The lowest BCUT2D eigenvalue weighted by atomic mass is 9.93. The molecule has 0 saturated heterocycles. The Morgan fingerprint density at radius 1 is 1.09 bits per heavy atom. The number of anilines is 2. The number of para-hydroxylation sites is 1. The standard InChI is InChI=1S/C25H24N4O4S/c1-17-8-11-19(12-9-17)26-24(30)22-13-10-18-5-2-3-7-21(18)29(22)25(31)20-6-4-14-28-15-16-34(32,33)27-23(20)28/h2-9,11-12,14,22H,10,13,15-16H2,1H3,(H,26,30). The lowest BCUT2D eigenvalue weighted by molar-refractivity contribution is -0.122. The monoisotopic (exact) mass is 476 g/mol. The maximum absolute atomic E-state index is 13.9. The van der Waals surface area contributed by atoms with Crippen molar-refractivity contribution in [1.82, 2.24) is 4.90 Å². The second-order valence-electron chi connectivity index (χ2n) is 8.53. The maximum Gasteiger partial charge on any atom is 0.262 e.